The van der Waals surface area contributed by atoms with E-state index in [1.807, 2.05) is 0 Å². The number of aromatic nitrogens is 1. The molecule has 4 heteroatoms. The monoisotopic (exact) mass is 249 g/mol. The highest BCUT2D eigenvalue weighted by Gasteiger charge is 2.09. The molecule has 86 valence electrons. The number of pyridine rings is 1. The smallest absolute Gasteiger partial charge is 0.167 e. The molecule has 1 aromatic carbocycles. The third kappa shape index (κ3) is 2.88. The Balaban J connectivity index is 2.19. The average molecular weight is 250 g/mol. The number of rotatable bonds is 3. The van der Waals surface area contributed by atoms with E-state index in [-0.39, 0.29) is 17.2 Å². The summed E-state index contributed by atoms with van der Waals surface area (Å²) < 4.78 is 12.8. The maximum Gasteiger partial charge on any atom is 0.167 e. The lowest BCUT2D eigenvalue weighted by Gasteiger charge is -2.03. The molecule has 0 aliphatic rings. The summed E-state index contributed by atoms with van der Waals surface area (Å²) in [5, 5.41) is 0.271. The Morgan fingerprint density at radius 2 is 1.94 bits per heavy atom. The first-order chi connectivity index (χ1) is 8.16. The van der Waals surface area contributed by atoms with E-state index in [1.165, 1.54) is 18.2 Å². The van der Waals surface area contributed by atoms with Crippen molar-refractivity contribution in [3.8, 4) is 0 Å². The maximum absolute atomic E-state index is 12.8. The summed E-state index contributed by atoms with van der Waals surface area (Å²) in [5.41, 5.74) is 1.19. The van der Waals surface area contributed by atoms with Gasteiger partial charge in [-0.3, -0.25) is 9.78 Å². The number of halogens is 2. The summed E-state index contributed by atoms with van der Waals surface area (Å²) >= 11 is 5.86. The van der Waals surface area contributed by atoms with E-state index in [0.717, 1.165) is 0 Å². The zero-order valence-corrected chi connectivity index (χ0v) is 9.62. The zero-order chi connectivity index (χ0) is 12.3. The molecular formula is C13H9ClFNO. The van der Waals surface area contributed by atoms with Crippen molar-refractivity contribution >= 4 is 17.4 Å². The largest absolute Gasteiger partial charge is 0.294 e. The van der Waals surface area contributed by atoms with Crippen LogP contribution in [0.25, 0.3) is 0 Å². The van der Waals surface area contributed by atoms with Crippen LogP contribution in [0.4, 0.5) is 4.39 Å². The molecule has 0 aliphatic carbocycles. The molecule has 0 saturated carbocycles. The number of hydrogen-bond acceptors (Lipinski definition) is 2. The Morgan fingerprint density at radius 1 is 1.24 bits per heavy atom. The third-order valence-electron chi connectivity index (χ3n) is 2.37. The quantitative estimate of drug-likeness (QED) is 0.782. The first kappa shape index (κ1) is 11.7. The van der Waals surface area contributed by atoms with Gasteiger partial charge in [0.2, 0.25) is 0 Å². The lowest BCUT2D eigenvalue weighted by Crippen LogP contribution is -2.04. The summed E-state index contributed by atoms with van der Waals surface area (Å²) in [4.78, 5) is 15.7. The van der Waals surface area contributed by atoms with Crippen molar-refractivity contribution in [1.29, 1.82) is 0 Å². The Kier molecular flexibility index (Phi) is 3.49. The number of benzene rings is 1. The summed E-state index contributed by atoms with van der Waals surface area (Å²) in [6.07, 6.45) is 3.27. The molecule has 0 atom stereocenters. The SMILES string of the molecule is O=C(Cc1ccc(F)cc1Cl)c1ccncc1. The van der Waals surface area contributed by atoms with Crippen molar-refractivity contribution in [2.75, 3.05) is 0 Å². The molecule has 0 amide bonds. The van der Waals surface area contributed by atoms with Gasteiger partial charge in [-0.2, -0.15) is 0 Å². The van der Waals surface area contributed by atoms with Crippen LogP contribution in [-0.4, -0.2) is 10.8 Å². The van der Waals surface area contributed by atoms with Gasteiger partial charge in [-0.05, 0) is 29.8 Å². The van der Waals surface area contributed by atoms with Gasteiger partial charge >= 0.3 is 0 Å². The highest BCUT2D eigenvalue weighted by atomic mass is 35.5. The van der Waals surface area contributed by atoms with E-state index in [9.17, 15) is 9.18 Å². The van der Waals surface area contributed by atoms with Crippen LogP contribution in [0.5, 0.6) is 0 Å². The minimum atomic E-state index is -0.407. The maximum atomic E-state index is 12.8. The average Bonchev–Trinajstić information content (AvgIpc) is 2.34. The van der Waals surface area contributed by atoms with E-state index in [1.54, 1.807) is 24.5 Å². The number of carbonyl (C=O) groups is 1. The summed E-state index contributed by atoms with van der Waals surface area (Å²) in [6, 6.07) is 7.30. The predicted molar refractivity (Wildman–Crippen MR) is 63.7 cm³/mol. The standard InChI is InChI=1S/C13H9ClFNO/c14-12-8-11(15)2-1-10(12)7-13(17)9-3-5-16-6-4-9/h1-6,8H,7H2. The highest BCUT2D eigenvalue weighted by molar-refractivity contribution is 6.31. The zero-order valence-electron chi connectivity index (χ0n) is 8.86. The van der Waals surface area contributed by atoms with Crippen LogP contribution in [0.2, 0.25) is 5.02 Å². The number of carbonyl (C=O) groups excluding carboxylic acids is 1. The van der Waals surface area contributed by atoms with Gasteiger partial charge in [-0.15, -0.1) is 0 Å². The Labute approximate surface area is 103 Å². The number of ketones is 1. The van der Waals surface area contributed by atoms with Gasteiger partial charge in [0.25, 0.3) is 0 Å². The second-order valence-electron chi connectivity index (χ2n) is 3.57. The van der Waals surface area contributed by atoms with Crippen molar-refractivity contribution in [2.24, 2.45) is 0 Å². The number of Topliss-reactive ketones (excluding diaryl/α,β-unsaturated/α-hetero) is 1. The van der Waals surface area contributed by atoms with Crippen LogP contribution in [-0.2, 0) is 6.42 Å². The number of hydrogen-bond donors (Lipinski definition) is 0. The van der Waals surface area contributed by atoms with E-state index in [4.69, 9.17) is 11.6 Å². The second kappa shape index (κ2) is 5.06. The lowest BCUT2D eigenvalue weighted by atomic mass is 10.0. The normalized spacial score (nSPS) is 10.2. The van der Waals surface area contributed by atoms with Crippen LogP contribution in [0, 0.1) is 5.82 Å². The number of nitrogens with zero attached hydrogens (tertiary/aromatic N) is 1. The summed E-state index contributed by atoms with van der Waals surface area (Å²) in [5.74, 6) is -0.476. The molecule has 17 heavy (non-hydrogen) atoms. The minimum absolute atomic E-state index is 0.0686. The molecule has 2 aromatic rings. The van der Waals surface area contributed by atoms with Gasteiger partial charge in [-0.1, -0.05) is 17.7 Å². The molecule has 2 nitrogen and oxygen atoms in total. The third-order valence-corrected chi connectivity index (χ3v) is 2.72. The minimum Gasteiger partial charge on any atom is -0.294 e. The Hall–Kier alpha value is -1.74. The first-order valence-corrected chi connectivity index (χ1v) is 5.42. The first-order valence-electron chi connectivity index (χ1n) is 5.04. The molecule has 0 bridgehead atoms. The van der Waals surface area contributed by atoms with E-state index >= 15 is 0 Å². The molecular weight excluding hydrogens is 241 g/mol. The van der Waals surface area contributed by atoms with Crippen molar-refractivity contribution < 1.29 is 9.18 Å². The van der Waals surface area contributed by atoms with E-state index in [0.29, 0.717) is 11.1 Å². The van der Waals surface area contributed by atoms with Crippen LogP contribution in [0.15, 0.2) is 42.7 Å². The second-order valence-corrected chi connectivity index (χ2v) is 3.98. The van der Waals surface area contributed by atoms with Gasteiger partial charge in [-0.25, -0.2) is 4.39 Å². The molecule has 0 spiro atoms. The van der Waals surface area contributed by atoms with Gasteiger partial charge in [0.05, 0.1) is 0 Å². The molecule has 2 rings (SSSR count). The van der Waals surface area contributed by atoms with Crippen molar-refractivity contribution in [1.82, 2.24) is 4.98 Å². The fraction of sp³-hybridized carbons (Fsp3) is 0.0769. The van der Waals surface area contributed by atoms with Crippen LogP contribution in [0.1, 0.15) is 15.9 Å². The van der Waals surface area contributed by atoms with Gasteiger partial charge in [0, 0.05) is 29.4 Å². The molecule has 1 aromatic heterocycles. The van der Waals surface area contributed by atoms with Crippen molar-refractivity contribution in [3.05, 3.63) is 64.7 Å². The van der Waals surface area contributed by atoms with Crippen molar-refractivity contribution in [3.63, 3.8) is 0 Å². The fourth-order valence-electron chi connectivity index (χ4n) is 1.48. The molecule has 0 unspecified atom stereocenters. The van der Waals surface area contributed by atoms with Gasteiger partial charge < -0.3 is 0 Å². The molecule has 0 radical (unpaired) electrons. The summed E-state index contributed by atoms with van der Waals surface area (Å²) in [6.45, 7) is 0. The van der Waals surface area contributed by atoms with E-state index in [2.05, 4.69) is 4.98 Å². The van der Waals surface area contributed by atoms with E-state index < -0.39 is 5.82 Å². The predicted octanol–water partition coefficient (Wildman–Crippen LogP) is 3.30. The molecule has 1 heterocycles. The van der Waals surface area contributed by atoms with Crippen LogP contribution < -0.4 is 0 Å². The van der Waals surface area contributed by atoms with Gasteiger partial charge in [0.15, 0.2) is 5.78 Å². The Bertz CT molecular complexity index is 542. The van der Waals surface area contributed by atoms with Gasteiger partial charge in [0.1, 0.15) is 5.82 Å². The molecule has 0 saturated heterocycles. The van der Waals surface area contributed by atoms with Crippen molar-refractivity contribution in [2.45, 2.75) is 6.42 Å². The molecule has 0 N–H and O–H groups in total. The highest BCUT2D eigenvalue weighted by Crippen LogP contribution is 2.19. The molecule has 0 aliphatic heterocycles. The summed E-state index contributed by atoms with van der Waals surface area (Å²) in [7, 11) is 0. The topological polar surface area (TPSA) is 30.0 Å². The van der Waals surface area contributed by atoms with Crippen LogP contribution >= 0.6 is 11.6 Å². The lowest BCUT2D eigenvalue weighted by molar-refractivity contribution is 0.0993. The van der Waals surface area contributed by atoms with Crippen LogP contribution in [0.3, 0.4) is 0 Å². The fourth-order valence-corrected chi connectivity index (χ4v) is 1.71. The Morgan fingerprint density at radius 3 is 2.59 bits per heavy atom. The molecule has 0 fully saturated rings.